The Balaban J connectivity index is 3.57. The van der Waals surface area contributed by atoms with Crippen molar-refractivity contribution in [3.05, 3.63) is 17.7 Å². The van der Waals surface area contributed by atoms with E-state index in [1.165, 1.54) is 26.4 Å². The Hall–Kier alpha value is -0.980. The highest BCUT2D eigenvalue weighted by molar-refractivity contribution is 8.13. The molecule has 0 heterocycles. The van der Waals surface area contributed by atoms with Crippen LogP contribution in [0, 0.1) is 0 Å². The monoisotopic (exact) mass is 266 g/mol. The normalized spacial score (nSPS) is 11.2. The van der Waals surface area contributed by atoms with E-state index < -0.39 is 9.05 Å². The van der Waals surface area contributed by atoms with E-state index in [9.17, 15) is 8.42 Å². The summed E-state index contributed by atoms with van der Waals surface area (Å²) in [5, 5.41) is 8.98. The van der Waals surface area contributed by atoms with Gasteiger partial charge in [-0.3, -0.25) is 0 Å². The maximum atomic E-state index is 11.3. The molecule has 90 valence electrons. The Kier molecular flexibility index (Phi) is 4.01. The van der Waals surface area contributed by atoms with Crippen molar-refractivity contribution in [1.29, 1.82) is 0 Å². The van der Waals surface area contributed by atoms with Crippen LogP contribution < -0.4 is 9.47 Å². The van der Waals surface area contributed by atoms with Gasteiger partial charge in [-0.2, -0.15) is 0 Å². The summed E-state index contributed by atoms with van der Waals surface area (Å²) in [6, 6.07) is 2.77. The lowest BCUT2D eigenvalue weighted by atomic mass is 10.2. The van der Waals surface area contributed by atoms with Gasteiger partial charge in [0.05, 0.1) is 20.8 Å². The van der Waals surface area contributed by atoms with Crippen LogP contribution in [0.1, 0.15) is 5.56 Å². The average molecular weight is 267 g/mol. The quantitative estimate of drug-likeness (QED) is 0.827. The van der Waals surface area contributed by atoms with E-state index in [1.807, 2.05) is 0 Å². The SMILES string of the molecule is COc1cc(CO)cc(OC)c1S(=O)(=O)Cl. The Labute approximate surface area is 98.0 Å². The van der Waals surface area contributed by atoms with Gasteiger partial charge < -0.3 is 14.6 Å². The third kappa shape index (κ3) is 2.58. The maximum absolute atomic E-state index is 11.3. The van der Waals surface area contributed by atoms with Crippen LogP contribution in [-0.2, 0) is 15.7 Å². The van der Waals surface area contributed by atoms with E-state index in [0.29, 0.717) is 5.56 Å². The van der Waals surface area contributed by atoms with Crippen LogP contribution in [0.2, 0.25) is 0 Å². The molecule has 0 saturated heterocycles. The average Bonchev–Trinajstić information content (AvgIpc) is 2.25. The topological polar surface area (TPSA) is 72.8 Å². The molecule has 0 aliphatic carbocycles. The second kappa shape index (κ2) is 4.90. The first kappa shape index (κ1) is 13.1. The van der Waals surface area contributed by atoms with Gasteiger partial charge in [0.25, 0.3) is 9.05 Å². The highest BCUT2D eigenvalue weighted by Crippen LogP contribution is 2.36. The molecule has 0 fully saturated rings. The molecule has 5 nitrogen and oxygen atoms in total. The fourth-order valence-electron chi connectivity index (χ4n) is 1.27. The molecular formula is C9H11ClO5S. The van der Waals surface area contributed by atoms with E-state index in [1.54, 1.807) is 0 Å². The molecule has 7 heteroatoms. The molecule has 1 aromatic rings. The van der Waals surface area contributed by atoms with Crippen LogP contribution in [0.5, 0.6) is 11.5 Å². The van der Waals surface area contributed by atoms with Crippen molar-refractivity contribution in [1.82, 2.24) is 0 Å². The fourth-order valence-corrected chi connectivity index (χ4v) is 2.49. The van der Waals surface area contributed by atoms with E-state index >= 15 is 0 Å². The first-order valence-electron chi connectivity index (χ1n) is 4.24. The number of aliphatic hydroxyl groups excluding tert-OH is 1. The first-order chi connectivity index (χ1) is 7.43. The summed E-state index contributed by atoms with van der Waals surface area (Å²) >= 11 is 0. The number of aliphatic hydroxyl groups is 1. The second-order valence-electron chi connectivity index (χ2n) is 2.93. The molecule has 1 rings (SSSR count). The number of benzene rings is 1. The third-order valence-corrected chi connectivity index (χ3v) is 3.30. The number of methoxy groups -OCH3 is 2. The molecule has 0 unspecified atom stereocenters. The second-order valence-corrected chi connectivity index (χ2v) is 5.43. The molecule has 0 aliphatic heterocycles. The van der Waals surface area contributed by atoms with Gasteiger partial charge in [-0.15, -0.1) is 0 Å². The maximum Gasteiger partial charge on any atom is 0.268 e. The van der Waals surface area contributed by atoms with Crippen molar-refractivity contribution in [2.24, 2.45) is 0 Å². The lowest BCUT2D eigenvalue weighted by Crippen LogP contribution is -2.01. The van der Waals surface area contributed by atoms with Crippen molar-refractivity contribution in [3.63, 3.8) is 0 Å². The Bertz CT molecular complexity index is 458. The van der Waals surface area contributed by atoms with Gasteiger partial charge >= 0.3 is 0 Å². The molecular weight excluding hydrogens is 256 g/mol. The molecule has 0 amide bonds. The van der Waals surface area contributed by atoms with E-state index in [4.69, 9.17) is 25.3 Å². The molecule has 0 radical (unpaired) electrons. The Morgan fingerprint density at radius 2 is 1.69 bits per heavy atom. The van der Waals surface area contributed by atoms with Crippen molar-refractivity contribution < 1.29 is 23.0 Å². The van der Waals surface area contributed by atoms with Crippen LogP contribution in [0.15, 0.2) is 17.0 Å². The zero-order valence-corrected chi connectivity index (χ0v) is 10.3. The van der Waals surface area contributed by atoms with Gasteiger partial charge in [0.15, 0.2) is 4.90 Å². The largest absolute Gasteiger partial charge is 0.495 e. The fraction of sp³-hybridized carbons (Fsp3) is 0.333. The van der Waals surface area contributed by atoms with Crippen molar-refractivity contribution in [2.45, 2.75) is 11.5 Å². The molecule has 0 atom stereocenters. The van der Waals surface area contributed by atoms with E-state index in [2.05, 4.69) is 0 Å². The van der Waals surface area contributed by atoms with Gasteiger partial charge in [-0.1, -0.05) is 0 Å². The van der Waals surface area contributed by atoms with Gasteiger partial charge in [-0.05, 0) is 17.7 Å². The molecule has 1 aromatic carbocycles. The number of ether oxygens (including phenoxy) is 2. The number of rotatable bonds is 4. The zero-order chi connectivity index (χ0) is 12.3. The lowest BCUT2D eigenvalue weighted by molar-refractivity contribution is 0.279. The smallest absolute Gasteiger partial charge is 0.268 e. The summed E-state index contributed by atoms with van der Waals surface area (Å²) in [4.78, 5) is -0.239. The van der Waals surface area contributed by atoms with Crippen molar-refractivity contribution >= 4 is 19.7 Å². The minimum atomic E-state index is -3.97. The van der Waals surface area contributed by atoms with Gasteiger partial charge in [0.1, 0.15) is 11.5 Å². The van der Waals surface area contributed by atoms with Gasteiger partial charge in [0.2, 0.25) is 0 Å². The Morgan fingerprint density at radius 1 is 1.25 bits per heavy atom. The van der Waals surface area contributed by atoms with E-state index in [0.717, 1.165) is 0 Å². The molecule has 16 heavy (non-hydrogen) atoms. The molecule has 1 N–H and O–H groups in total. The van der Waals surface area contributed by atoms with Crippen LogP contribution in [0.25, 0.3) is 0 Å². The standard InChI is InChI=1S/C9H11ClO5S/c1-14-7-3-6(5-11)4-8(15-2)9(7)16(10,12)13/h3-4,11H,5H2,1-2H3. The van der Waals surface area contributed by atoms with Gasteiger partial charge in [-0.25, -0.2) is 8.42 Å². The minimum Gasteiger partial charge on any atom is -0.495 e. The summed E-state index contributed by atoms with van der Waals surface area (Å²) < 4.78 is 32.5. The lowest BCUT2D eigenvalue weighted by Gasteiger charge is -2.12. The highest BCUT2D eigenvalue weighted by Gasteiger charge is 2.23. The predicted molar refractivity (Wildman–Crippen MR) is 58.5 cm³/mol. The van der Waals surface area contributed by atoms with Crippen molar-refractivity contribution in [3.8, 4) is 11.5 Å². The highest BCUT2D eigenvalue weighted by atomic mass is 35.7. The van der Waals surface area contributed by atoms with Crippen LogP contribution in [0.3, 0.4) is 0 Å². The van der Waals surface area contributed by atoms with Gasteiger partial charge in [0, 0.05) is 10.7 Å². The van der Waals surface area contributed by atoms with Crippen molar-refractivity contribution in [2.75, 3.05) is 14.2 Å². The summed E-state index contributed by atoms with van der Waals surface area (Å²) in [5.74, 6) is 0.0804. The number of hydrogen-bond acceptors (Lipinski definition) is 5. The summed E-state index contributed by atoms with van der Waals surface area (Å²) in [5.41, 5.74) is 0.470. The minimum absolute atomic E-state index is 0.0402. The molecule has 0 saturated carbocycles. The van der Waals surface area contributed by atoms with Crippen LogP contribution >= 0.6 is 10.7 Å². The first-order valence-corrected chi connectivity index (χ1v) is 6.55. The van der Waals surface area contributed by atoms with Crippen LogP contribution in [0.4, 0.5) is 0 Å². The Morgan fingerprint density at radius 3 is 1.94 bits per heavy atom. The number of halogens is 1. The molecule has 0 aromatic heterocycles. The summed E-state index contributed by atoms with van der Waals surface area (Å²) in [6.45, 7) is -0.255. The summed E-state index contributed by atoms with van der Waals surface area (Å²) in [6.07, 6.45) is 0. The predicted octanol–water partition coefficient (Wildman–Crippen LogP) is 1.12. The summed E-state index contributed by atoms with van der Waals surface area (Å²) in [7, 11) is 3.91. The molecule has 0 bridgehead atoms. The molecule has 0 aliphatic rings. The van der Waals surface area contributed by atoms with E-state index in [-0.39, 0.29) is 23.0 Å². The van der Waals surface area contributed by atoms with Crippen LogP contribution in [-0.4, -0.2) is 27.7 Å². The number of hydrogen-bond donors (Lipinski definition) is 1. The third-order valence-electron chi connectivity index (χ3n) is 1.95. The molecule has 0 spiro atoms. The zero-order valence-electron chi connectivity index (χ0n) is 8.73.